The Kier molecular flexibility index (Phi) is 6.86. The Morgan fingerprint density at radius 1 is 1.14 bits per heavy atom. The van der Waals surface area contributed by atoms with E-state index in [1.807, 2.05) is 0 Å². The van der Waals surface area contributed by atoms with Crippen LogP contribution in [-0.2, 0) is 9.59 Å². The Balaban J connectivity index is 1.87. The topological polar surface area (TPSA) is 102 Å². The van der Waals surface area contributed by atoms with Crippen LogP contribution >= 0.6 is 0 Å². The van der Waals surface area contributed by atoms with Gasteiger partial charge in [0.1, 0.15) is 17.3 Å². The molecular formula is C26H25FN2O6. The van der Waals surface area contributed by atoms with Crippen LogP contribution in [0, 0.1) is 12.7 Å². The molecule has 1 aromatic heterocycles. The number of aryl methyl sites for hydroxylation is 1. The predicted molar refractivity (Wildman–Crippen MR) is 126 cm³/mol. The van der Waals surface area contributed by atoms with Gasteiger partial charge >= 0.3 is 5.91 Å². The van der Waals surface area contributed by atoms with Crippen molar-refractivity contribution in [2.75, 3.05) is 18.6 Å². The van der Waals surface area contributed by atoms with E-state index in [0.29, 0.717) is 29.4 Å². The average Bonchev–Trinajstić information content (AvgIpc) is 3.39. The number of carbonyl (C=O) groups is 2. The summed E-state index contributed by atoms with van der Waals surface area (Å²) in [5.41, 5.74) is 0.509. The molecule has 1 N–H and O–H groups in total. The van der Waals surface area contributed by atoms with Crippen molar-refractivity contribution in [1.82, 2.24) is 5.16 Å². The number of aromatic nitrogens is 1. The lowest BCUT2D eigenvalue weighted by molar-refractivity contribution is -0.132. The molecule has 4 rings (SSSR count). The van der Waals surface area contributed by atoms with Crippen molar-refractivity contribution in [3.05, 3.63) is 76.8 Å². The number of hydrogen-bond donors (Lipinski definition) is 1. The second-order valence-corrected chi connectivity index (χ2v) is 8.08. The smallest absolute Gasteiger partial charge is 0.301 e. The SMILES string of the molecule is CCCCOc1ccc([C@@H]2C(=C(O)c3ccc(F)cc3)C(=O)C(=O)N2c2cc(C)on2)cc1OC. The molecule has 0 unspecified atom stereocenters. The molecule has 0 bridgehead atoms. The van der Waals surface area contributed by atoms with Crippen LogP contribution in [-0.4, -0.2) is 35.7 Å². The van der Waals surface area contributed by atoms with Crippen molar-refractivity contribution in [2.24, 2.45) is 0 Å². The molecule has 1 fully saturated rings. The molecule has 1 atom stereocenters. The Labute approximate surface area is 201 Å². The normalized spacial score (nSPS) is 17.1. The Hall–Kier alpha value is -4.14. The third kappa shape index (κ3) is 4.62. The van der Waals surface area contributed by atoms with Crippen LogP contribution in [0.15, 0.2) is 58.6 Å². The molecule has 182 valence electrons. The number of Topliss-reactive ketones (excluding diaryl/α,β-unsaturated/α-hetero) is 1. The molecule has 1 aliphatic rings. The molecule has 0 saturated carbocycles. The number of ether oxygens (including phenoxy) is 2. The molecule has 3 aromatic rings. The number of anilines is 1. The maximum atomic E-state index is 13.5. The number of aliphatic hydroxyl groups is 1. The van der Waals surface area contributed by atoms with E-state index in [2.05, 4.69) is 12.1 Å². The highest BCUT2D eigenvalue weighted by Crippen LogP contribution is 2.44. The summed E-state index contributed by atoms with van der Waals surface area (Å²) in [5, 5.41) is 15.0. The summed E-state index contributed by atoms with van der Waals surface area (Å²) in [6, 6.07) is 10.5. The lowest BCUT2D eigenvalue weighted by atomic mass is 9.95. The minimum absolute atomic E-state index is 0.120. The van der Waals surface area contributed by atoms with Crippen LogP contribution in [0.4, 0.5) is 10.2 Å². The second-order valence-electron chi connectivity index (χ2n) is 8.08. The minimum atomic E-state index is -1.04. The first-order chi connectivity index (χ1) is 16.8. The number of amides is 1. The highest BCUT2D eigenvalue weighted by Gasteiger charge is 2.48. The molecule has 0 radical (unpaired) electrons. The van der Waals surface area contributed by atoms with E-state index in [-0.39, 0.29) is 17.0 Å². The van der Waals surface area contributed by atoms with Gasteiger partial charge in [-0.15, -0.1) is 0 Å². The number of methoxy groups -OCH3 is 1. The molecule has 1 amide bonds. The van der Waals surface area contributed by atoms with Gasteiger partial charge in [-0.3, -0.25) is 14.5 Å². The molecular weight excluding hydrogens is 455 g/mol. The van der Waals surface area contributed by atoms with Crippen molar-refractivity contribution in [1.29, 1.82) is 0 Å². The zero-order chi connectivity index (χ0) is 25.1. The van der Waals surface area contributed by atoms with E-state index in [1.165, 1.54) is 30.2 Å². The fraction of sp³-hybridized carbons (Fsp3) is 0.269. The van der Waals surface area contributed by atoms with Gasteiger partial charge in [-0.1, -0.05) is 24.6 Å². The fourth-order valence-electron chi connectivity index (χ4n) is 3.91. The Morgan fingerprint density at radius 2 is 1.89 bits per heavy atom. The second kappa shape index (κ2) is 10.0. The van der Waals surface area contributed by atoms with Crippen LogP contribution in [0.1, 0.15) is 42.7 Å². The van der Waals surface area contributed by atoms with Crippen molar-refractivity contribution < 1.29 is 33.1 Å². The third-order valence-electron chi connectivity index (χ3n) is 5.68. The lowest BCUT2D eigenvalue weighted by Gasteiger charge is -2.23. The number of halogens is 1. The Morgan fingerprint density at radius 3 is 2.51 bits per heavy atom. The number of nitrogens with zero attached hydrogens (tertiary/aromatic N) is 2. The van der Waals surface area contributed by atoms with Gasteiger partial charge in [0.25, 0.3) is 5.78 Å². The average molecular weight is 480 g/mol. The van der Waals surface area contributed by atoms with Crippen molar-refractivity contribution in [3.8, 4) is 11.5 Å². The highest BCUT2D eigenvalue weighted by atomic mass is 19.1. The molecule has 0 aliphatic carbocycles. The van der Waals surface area contributed by atoms with Gasteiger partial charge in [-0.05, 0) is 55.3 Å². The van der Waals surface area contributed by atoms with Gasteiger partial charge in [-0.2, -0.15) is 0 Å². The number of ketones is 1. The van der Waals surface area contributed by atoms with E-state index in [9.17, 15) is 19.1 Å². The molecule has 2 aromatic carbocycles. The summed E-state index contributed by atoms with van der Waals surface area (Å²) in [6.07, 6.45) is 1.84. The van der Waals surface area contributed by atoms with Crippen LogP contribution in [0.3, 0.4) is 0 Å². The first-order valence-electron chi connectivity index (χ1n) is 11.2. The van der Waals surface area contributed by atoms with Gasteiger partial charge in [0.05, 0.1) is 25.3 Å². The van der Waals surface area contributed by atoms with Gasteiger partial charge in [0, 0.05) is 11.6 Å². The van der Waals surface area contributed by atoms with Crippen LogP contribution in [0.5, 0.6) is 11.5 Å². The summed E-state index contributed by atoms with van der Waals surface area (Å²) < 4.78 is 29.9. The molecule has 9 heteroatoms. The monoisotopic (exact) mass is 480 g/mol. The summed E-state index contributed by atoms with van der Waals surface area (Å²) in [7, 11) is 1.49. The highest BCUT2D eigenvalue weighted by molar-refractivity contribution is 6.51. The van der Waals surface area contributed by atoms with Crippen molar-refractivity contribution in [2.45, 2.75) is 32.7 Å². The molecule has 2 heterocycles. The molecule has 35 heavy (non-hydrogen) atoms. The largest absolute Gasteiger partial charge is 0.507 e. The number of aliphatic hydroxyl groups excluding tert-OH is 1. The molecule has 1 saturated heterocycles. The standard InChI is InChI=1S/C26H25FN2O6/c1-4-5-12-34-19-11-8-17(14-20(19)33-3)23-22(24(30)16-6-9-18(27)10-7-16)25(31)26(32)29(23)21-13-15(2)35-28-21/h6-11,13-14,23,30H,4-5,12H2,1-3H3/t23-/m1/s1. The minimum Gasteiger partial charge on any atom is -0.507 e. The van der Waals surface area contributed by atoms with E-state index < -0.39 is 29.3 Å². The summed E-state index contributed by atoms with van der Waals surface area (Å²) >= 11 is 0. The van der Waals surface area contributed by atoms with Crippen LogP contribution in [0.2, 0.25) is 0 Å². The molecule has 8 nitrogen and oxygen atoms in total. The van der Waals surface area contributed by atoms with Crippen LogP contribution in [0.25, 0.3) is 5.76 Å². The zero-order valence-electron chi connectivity index (χ0n) is 19.6. The van der Waals surface area contributed by atoms with Gasteiger partial charge in [-0.25, -0.2) is 4.39 Å². The van der Waals surface area contributed by atoms with Crippen LogP contribution < -0.4 is 14.4 Å². The zero-order valence-corrected chi connectivity index (χ0v) is 19.6. The van der Waals surface area contributed by atoms with Gasteiger partial charge < -0.3 is 19.1 Å². The number of hydrogen-bond acceptors (Lipinski definition) is 7. The van der Waals surface area contributed by atoms with E-state index in [4.69, 9.17) is 14.0 Å². The summed E-state index contributed by atoms with van der Waals surface area (Å²) in [6.45, 7) is 4.22. The third-order valence-corrected chi connectivity index (χ3v) is 5.68. The number of rotatable bonds is 8. The van der Waals surface area contributed by atoms with Gasteiger partial charge in [0.2, 0.25) is 0 Å². The first-order valence-corrected chi connectivity index (χ1v) is 11.2. The first kappa shape index (κ1) is 24.0. The summed E-state index contributed by atoms with van der Waals surface area (Å²) in [4.78, 5) is 27.5. The fourth-order valence-corrected chi connectivity index (χ4v) is 3.91. The maximum Gasteiger partial charge on any atom is 0.301 e. The van der Waals surface area contributed by atoms with Crippen molar-refractivity contribution in [3.63, 3.8) is 0 Å². The van der Waals surface area contributed by atoms with E-state index in [1.54, 1.807) is 25.1 Å². The lowest BCUT2D eigenvalue weighted by Crippen LogP contribution is -2.29. The van der Waals surface area contributed by atoms with Crippen molar-refractivity contribution >= 4 is 23.3 Å². The number of carbonyl (C=O) groups excluding carboxylic acids is 2. The molecule has 0 spiro atoms. The number of unbranched alkanes of at least 4 members (excludes halogenated alkanes) is 1. The van der Waals surface area contributed by atoms with E-state index >= 15 is 0 Å². The summed E-state index contributed by atoms with van der Waals surface area (Å²) in [5.74, 6) is -1.24. The maximum absolute atomic E-state index is 13.5. The number of benzene rings is 2. The Bertz CT molecular complexity index is 1280. The molecule has 1 aliphatic heterocycles. The van der Waals surface area contributed by atoms with Gasteiger partial charge in [0.15, 0.2) is 17.3 Å². The predicted octanol–water partition coefficient (Wildman–Crippen LogP) is 4.94. The quantitative estimate of drug-likeness (QED) is 0.211. The van der Waals surface area contributed by atoms with E-state index in [0.717, 1.165) is 25.0 Å².